The zero-order valence-electron chi connectivity index (χ0n) is 10.1. The largest absolute Gasteiger partial charge is 0.396 e. The molecule has 0 aromatic heterocycles. The van der Waals surface area contributed by atoms with Gasteiger partial charge in [0.05, 0.1) is 12.7 Å². The van der Waals surface area contributed by atoms with Gasteiger partial charge in [0, 0.05) is 24.0 Å². The fourth-order valence-corrected chi connectivity index (χ4v) is 2.08. The van der Waals surface area contributed by atoms with Gasteiger partial charge in [0.2, 0.25) is 0 Å². The number of hydrogen-bond donors (Lipinski definition) is 1. The fraction of sp³-hybridized carbons (Fsp3) is 0.467. The lowest BCUT2D eigenvalue weighted by molar-refractivity contribution is -0.0385. The molecule has 1 aliphatic rings. The maximum Gasteiger partial charge on any atom is 0.0559 e. The molecule has 3 atom stereocenters. The second-order valence-electron chi connectivity index (χ2n) is 4.56. The van der Waals surface area contributed by atoms with Gasteiger partial charge in [0.15, 0.2) is 0 Å². The van der Waals surface area contributed by atoms with Crippen molar-refractivity contribution in [2.75, 3.05) is 13.2 Å². The van der Waals surface area contributed by atoms with Crippen LogP contribution >= 0.6 is 0 Å². The highest BCUT2D eigenvalue weighted by Gasteiger charge is 2.27. The van der Waals surface area contributed by atoms with Crippen LogP contribution in [0.4, 0.5) is 0 Å². The first-order chi connectivity index (χ1) is 8.29. The van der Waals surface area contributed by atoms with Crippen molar-refractivity contribution < 1.29 is 9.84 Å². The summed E-state index contributed by atoms with van der Waals surface area (Å²) in [5.74, 6) is 6.86. The second-order valence-corrected chi connectivity index (χ2v) is 4.56. The Morgan fingerprint density at radius 2 is 2.12 bits per heavy atom. The molecule has 0 saturated carbocycles. The molecule has 1 aromatic rings. The van der Waals surface area contributed by atoms with Gasteiger partial charge >= 0.3 is 0 Å². The van der Waals surface area contributed by atoms with Gasteiger partial charge in [-0.3, -0.25) is 0 Å². The molecule has 1 saturated heterocycles. The molecular weight excluding hydrogens is 212 g/mol. The molecule has 0 unspecified atom stereocenters. The Kier molecular flexibility index (Phi) is 4.19. The van der Waals surface area contributed by atoms with E-state index in [4.69, 9.17) is 4.74 Å². The fourth-order valence-electron chi connectivity index (χ4n) is 2.08. The summed E-state index contributed by atoms with van der Waals surface area (Å²) >= 11 is 0. The molecule has 1 N–H and O–H groups in total. The van der Waals surface area contributed by atoms with E-state index in [-0.39, 0.29) is 24.5 Å². The molecule has 17 heavy (non-hydrogen) atoms. The molecule has 2 nitrogen and oxygen atoms in total. The molecule has 0 aliphatic carbocycles. The number of rotatable bonds is 1. The highest BCUT2D eigenvalue weighted by molar-refractivity contribution is 5.34. The molecular formula is C15H18O2. The minimum absolute atomic E-state index is 0.154. The Labute approximate surface area is 103 Å². The molecule has 90 valence electrons. The maximum atomic E-state index is 9.30. The summed E-state index contributed by atoms with van der Waals surface area (Å²) in [6.45, 7) is 2.83. The summed E-state index contributed by atoms with van der Waals surface area (Å²) in [5.41, 5.74) is 1.03. The normalized spacial score (nSPS) is 28.2. The lowest BCUT2D eigenvalue weighted by atomic mass is 9.87. The molecule has 0 radical (unpaired) electrons. The smallest absolute Gasteiger partial charge is 0.0559 e. The Bertz CT molecular complexity index is 402. The molecule has 0 spiro atoms. The summed E-state index contributed by atoms with van der Waals surface area (Å²) in [4.78, 5) is 0. The molecule has 1 fully saturated rings. The first-order valence-corrected chi connectivity index (χ1v) is 6.08. The number of benzene rings is 1. The Morgan fingerprint density at radius 3 is 2.82 bits per heavy atom. The minimum atomic E-state index is 0.154. The highest BCUT2D eigenvalue weighted by Crippen LogP contribution is 2.24. The van der Waals surface area contributed by atoms with E-state index >= 15 is 0 Å². The zero-order chi connectivity index (χ0) is 12.1. The molecule has 1 aliphatic heterocycles. The molecule has 2 rings (SSSR count). The summed E-state index contributed by atoms with van der Waals surface area (Å²) < 4.78 is 5.54. The summed E-state index contributed by atoms with van der Waals surface area (Å²) in [7, 11) is 0. The zero-order valence-corrected chi connectivity index (χ0v) is 10.1. The second kappa shape index (κ2) is 5.86. The molecule has 0 bridgehead atoms. The number of aliphatic hydroxyl groups is 1. The monoisotopic (exact) mass is 230 g/mol. The van der Waals surface area contributed by atoms with Crippen molar-refractivity contribution in [1.29, 1.82) is 0 Å². The van der Waals surface area contributed by atoms with Crippen LogP contribution in [0.5, 0.6) is 0 Å². The van der Waals surface area contributed by atoms with Crippen LogP contribution in [-0.2, 0) is 4.74 Å². The number of ether oxygens (including phenoxy) is 1. The van der Waals surface area contributed by atoms with Gasteiger partial charge in [-0.2, -0.15) is 0 Å². The Hall–Kier alpha value is -1.30. The molecule has 1 aromatic carbocycles. The minimum Gasteiger partial charge on any atom is -0.396 e. The standard InChI is InChI=1S/C15H18O2/c1-12-9-14(15(10-16)11-17-12)8-7-13-5-3-2-4-6-13/h2-6,12,14-16H,9-11H2,1H3/t12-,14+,15+/m0/s1. The van der Waals surface area contributed by atoms with Crippen LogP contribution in [0.15, 0.2) is 30.3 Å². The third kappa shape index (κ3) is 3.33. The molecule has 1 heterocycles. The van der Waals surface area contributed by atoms with E-state index in [2.05, 4.69) is 18.8 Å². The topological polar surface area (TPSA) is 29.5 Å². The van der Waals surface area contributed by atoms with Crippen molar-refractivity contribution in [3.8, 4) is 11.8 Å². The van der Waals surface area contributed by atoms with E-state index < -0.39 is 0 Å². The van der Waals surface area contributed by atoms with Gasteiger partial charge in [-0.05, 0) is 25.5 Å². The van der Waals surface area contributed by atoms with Gasteiger partial charge in [-0.15, -0.1) is 0 Å². The summed E-state index contributed by atoms with van der Waals surface area (Å²) in [5, 5.41) is 9.30. The van der Waals surface area contributed by atoms with Crippen LogP contribution in [0.25, 0.3) is 0 Å². The van der Waals surface area contributed by atoms with Crippen molar-refractivity contribution in [1.82, 2.24) is 0 Å². The third-order valence-electron chi connectivity index (χ3n) is 3.16. The molecule has 0 amide bonds. The molecule has 2 heteroatoms. The van der Waals surface area contributed by atoms with Crippen molar-refractivity contribution in [3.05, 3.63) is 35.9 Å². The van der Waals surface area contributed by atoms with E-state index in [1.807, 2.05) is 30.3 Å². The Morgan fingerprint density at radius 1 is 1.35 bits per heavy atom. The predicted octanol–water partition coefficient (Wildman–Crippen LogP) is 2.07. The lowest BCUT2D eigenvalue weighted by Crippen LogP contribution is -2.33. The average molecular weight is 230 g/mol. The van der Waals surface area contributed by atoms with Gasteiger partial charge in [-0.1, -0.05) is 30.0 Å². The van der Waals surface area contributed by atoms with Crippen LogP contribution in [0, 0.1) is 23.7 Å². The van der Waals surface area contributed by atoms with E-state index in [9.17, 15) is 5.11 Å². The van der Waals surface area contributed by atoms with Crippen LogP contribution in [0.3, 0.4) is 0 Å². The van der Waals surface area contributed by atoms with Gasteiger partial charge in [-0.25, -0.2) is 0 Å². The first-order valence-electron chi connectivity index (χ1n) is 6.08. The van der Waals surface area contributed by atoms with Crippen molar-refractivity contribution >= 4 is 0 Å². The average Bonchev–Trinajstić information content (AvgIpc) is 2.38. The van der Waals surface area contributed by atoms with Crippen molar-refractivity contribution in [2.45, 2.75) is 19.4 Å². The highest BCUT2D eigenvalue weighted by atomic mass is 16.5. The number of hydrogen-bond acceptors (Lipinski definition) is 2. The number of aliphatic hydroxyl groups excluding tert-OH is 1. The SMILES string of the molecule is C[C@H]1C[C@@H](C#Cc2ccccc2)[C@H](CO)CO1. The van der Waals surface area contributed by atoms with Crippen LogP contribution in [0.2, 0.25) is 0 Å². The Balaban J connectivity index is 2.08. The van der Waals surface area contributed by atoms with E-state index in [1.165, 1.54) is 0 Å². The van der Waals surface area contributed by atoms with E-state index in [0.717, 1.165) is 12.0 Å². The van der Waals surface area contributed by atoms with Crippen molar-refractivity contribution in [2.24, 2.45) is 11.8 Å². The predicted molar refractivity (Wildman–Crippen MR) is 67.4 cm³/mol. The first kappa shape index (κ1) is 12.2. The maximum absolute atomic E-state index is 9.30. The summed E-state index contributed by atoms with van der Waals surface area (Å²) in [6, 6.07) is 9.96. The van der Waals surface area contributed by atoms with Crippen molar-refractivity contribution in [3.63, 3.8) is 0 Å². The van der Waals surface area contributed by atoms with E-state index in [0.29, 0.717) is 6.61 Å². The quantitative estimate of drug-likeness (QED) is 0.748. The van der Waals surface area contributed by atoms with Crippen LogP contribution in [-0.4, -0.2) is 24.4 Å². The van der Waals surface area contributed by atoms with Crippen LogP contribution < -0.4 is 0 Å². The lowest BCUT2D eigenvalue weighted by Gasteiger charge is -2.30. The van der Waals surface area contributed by atoms with Gasteiger partial charge < -0.3 is 9.84 Å². The van der Waals surface area contributed by atoms with Crippen LogP contribution in [0.1, 0.15) is 18.9 Å². The third-order valence-corrected chi connectivity index (χ3v) is 3.16. The van der Waals surface area contributed by atoms with Gasteiger partial charge in [0.25, 0.3) is 0 Å². The van der Waals surface area contributed by atoms with E-state index in [1.54, 1.807) is 0 Å². The summed E-state index contributed by atoms with van der Waals surface area (Å²) in [6.07, 6.45) is 1.15. The van der Waals surface area contributed by atoms with Gasteiger partial charge in [0.1, 0.15) is 0 Å².